The maximum atomic E-state index is 14.3. The number of amides is 1. The monoisotopic (exact) mass is 411 g/mol. The minimum Gasteiger partial charge on any atom is -0.505 e. The first-order valence-corrected chi connectivity index (χ1v) is 9.75. The van der Waals surface area contributed by atoms with Crippen LogP contribution in [-0.4, -0.2) is 57.6 Å². The summed E-state index contributed by atoms with van der Waals surface area (Å²) in [4.78, 5) is 27.2. The van der Waals surface area contributed by atoms with Crippen LogP contribution in [0.3, 0.4) is 0 Å². The first-order chi connectivity index (χ1) is 13.8. The molecule has 1 saturated carbocycles. The second kappa shape index (κ2) is 10.5. The third kappa shape index (κ3) is 5.45. The largest absolute Gasteiger partial charge is 0.505 e. The van der Waals surface area contributed by atoms with Gasteiger partial charge in [-0.1, -0.05) is 6.92 Å². The summed E-state index contributed by atoms with van der Waals surface area (Å²) in [5.74, 6) is -2.31. The number of ether oxygens (including phenoxy) is 3. The zero-order valence-corrected chi connectivity index (χ0v) is 17.4. The minimum absolute atomic E-state index is 0.0369. The highest BCUT2D eigenvalue weighted by Gasteiger charge is 2.35. The van der Waals surface area contributed by atoms with Crippen LogP contribution in [0, 0.1) is 17.7 Å². The van der Waals surface area contributed by atoms with Crippen molar-refractivity contribution in [1.82, 2.24) is 0 Å². The van der Waals surface area contributed by atoms with E-state index in [2.05, 4.69) is 6.92 Å². The molecular weight excluding hydrogens is 381 g/mol. The van der Waals surface area contributed by atoms with Crippen LogP contribution >= 0.6 is 0 Å². The fraction of sp³-hybridized carbons (Fsp3) is 0.619. The van der Waals surface area contributed by atoms with Gasteiger partial charge in [-0.3, -0.25) is 4.79 Å². The SMILES string of the molecule is COCC(COC)N(c1cc(F)c(O)cc1C(=O)OC)C(=O)[C@H]1CC[C@H](C)CC1. The number of nitrogens with zero attached hydrogens (tertiary/aromatic N) is 1. The van der Waals surface area contributed by atoms with Crippen molar-refractivity contribution in [1.29, 1.82) is 0 Å². The molecule has 1 amide bonds. The number of hydrogen-bond donors (Lipinski definition) is 1. The molecular formula is C21H30FNO6. The number of carbonyl (C=O) groups excluding carboxylic acids is 2. The number of esters is 1. The molecule has 2 rings (SSSR count). The van der Waals surface area contributed by atoms with E-state index in [0.29, 0.717) is 5.92 Å². The van der Waals surface area contributed by atoms with Crippen LogP contribution in [0.4, 0.5) is 10.1 Å². The van der Waals surface area contributed by atoms with Crippen LogP contribution in [0.1, 0.15) is 43.0 Å². The smallest absolute Gasteiger partial charge is 0.340 e. The van der Waals surface area contributed by atoms with E-state index in [9.17, 15) is 19.1 Å². The Morgan fingerprint density at radius 3 is 2.24 bits per heavy atom. The molecule has 162 valence electrons. The summed E-state index contributed by atoms with van der Waals surface area (Å²) in [6.07, 6.45) is 3.29. The average Bonchev–Trinajstić information content (AvgIpc) is 2.70. The third-order valence-corrected chi connectivity index (χ3v) is 5.42. The van der Waals surface area contributed by atoms with Gasteiger partial charge in [0.2, 0.25) is 5.91 Å². The highest BCUT2D eigenvalue weighted by atomic mass is 19.1. The summed E-state index contributed by atoms with van der Waals surface area (Å²) >= 11 is 0. The second-order valence-electron chi connectivity index (χ2n) is 7.54. The zero-order valence-electron chi connectivity index (χ0n) is 17.4. The van der Waals surface area contributed by atoms with Crippen LogP contribution in [0.25, 0.3) is 0 Å². The van der Waals surface area contributed by atoms with Gasteiger partial charge in [0, 0.05) is 26.2 Å². The molecule has 0 saturated heterocycles. The third-order valence-electron chi connectivity index (χ3n) is 5.42. The molecule has 0 spiro atoms. The average molecular weight is 411 g/mol. The molecule has 8 heteroatoms. The molecule has 1 aromatic rings. The van der Waals surface area contributed by atoms with Crippen LogP contribution in [0.15, 0.2) is 12.1 Å². The van der Waals surface area contributed by atoms with E-state index in [1.807, 2.05) is 0 Å². The quantitative estimate of drug-likeness (QED) is 0.662. The molecule has 29 heavy (non-hydrogen) atoms. The number of rotatable bonds is 8. The molecule has 1 aromatic carbocycles. The van der Waals surface area contributed by atoms with E-state index in [-0.39, 0.29) is 36.3 Å². The highest BCUT2D eigenvalue weighted by Crippen LogP contribution is 2.35. The zero-order chi connectivity index (χ0) is 21.6. The van der Waals surface area contributed by atoms with Crippen LogP contribution < -0.4 is 4.90 Å². The Morgan fingerprint density at radius 1 is 1.14 bits per heavy atom. The fourth-order valence-corrected chi connectivity index (χ4v) is 3.81. The molecule has 0 heterocycles. The molecule has 0 radical (unpaired) electrons. The van der Waals surface area contributed by atoms with Crippen molar-refractivity contribution in [3.63, 3.8) is 0 Å². The Kier molecular flexibility index (Phi) is 8.40. The predicted octanol–water partition coefficient (Wildman–Crippen LogP) is 3.14. The fourth-order valence-electron chi connectivity index (χ4n) is 3.81. The van der Waals surface area contributed by atoms with Crippen molar-refractivity contribution in [3.8, 4) is 5.75 Å². The van der Waals surface area contributed by atoms with E-state index in [0.717, 1.165) is 37.8 Å². The Hall–Kier alpha value is -2.19. The highest BCUT2D eigenvalue weighted by molar-refractivity contribution is 6.04. The molecule has 1 aliphatic carbocycles. The van der Waals surface area contributed by atoms with Gasteiger partial charge in [-0.25, -0.2) is 9.18 Å². The molecule has 7 nitrogen and oxygen atoms in total. The summed E-state index contributed by atoms with van der Waals surface area (Å²) in [7, 11) is 4.17. The second-order valence-corrected chi connectivity index (χ2v) is 7.54. The van der Waals surface area contributed by atoms with Crippen molar-refractivity contribution in [3.05, 3.63) is 23.5 Å². The lowest BCUT2D eigenvalue weighted by molar-refractivity contribution is -0.124. The van der Waals surface area contributed by atoms with Gasteiger partial charge in [0.25, 0.3) is 0 Å². The van der Waals surface area contributed by atoms with Crippen molar-refractivity contribution in [2.24, 2.45) is 11.8 Å². The Bertz CT molecular complexity index is 711. The van der Waals surface area contributed by atoms with Crippen molar-refractivity contribution < 1.29 is 33.3 Å². The lowest BCUT2D eigenvalue weighted by Crippen LogP contribution is -2.49. The van der Waals surface area contributed by atoms with Crippen LogP contribution in [0.2, 0.25) is 0 Å². The van der Waals surface area contributed by atoms with Gasteiger partial charge in [-0.05, 0) is 37.7 Å². The minimum atomic E-state index is -0.934. The number of halogens is 1. The topological polar surface area (TPSA) is 85.3 Å². The van der Waals surface area contributed by atoms with E-state index in [1.165, 1.54) is 26.2 Å². The van der Waals surface area contributed by atoms with Crippen molar-refractivity contribution in [2.45, 2.75) is 38.6 Å². The van der Waals surface area contributed by atoms with E-state index < -0.39 is 23.6 Å². The van der Waals surface area contributed by atoms with Crippen molar-refractivity contribution >= 4 is 17.6 Å². The molecule has 0 bridgehead atoms. The summed E-state index contributed by atoms with van der Waals surface area (Å²) in [5.41, 5.74) is -0.0593. The Morgan fingerprint density at radius 2 is 1.72 bits per heavy atom. The first-order valence-electron chi connectivity index (χ1n) is 9.75. The summed E-state index contributed by atoms with van der Waals surface area (Å²) in [5, 5.41) is 9.78. The first kappa shape index (κ1) is 23.1. The number of benzene rings is 1. The van der Waals surface area contributed by atoms with Crippen LogP contribution in [-0.2, 0) is 19.0 Å². The van der Waals surface area contributed by atoms with E-state index in [1.54, 1.807) is 0 Å². The van der Waals surface area contributed by atoms with Gasteiger partial charge in [0.05, 0.1) is 37.6 Å². The van der Waals surface area contributed by atoms with Gasteiger partial charge in [0.15, 0.2) is 11.6 Å². The lowest BCUT2D eigenvalue weighted by atomic mass is 9.82. The Balaban J connectivity index is 2.56. The molecule has 0 aromatic heterocycles. The van der Waals surface area contributed by atoms with Crippen molar-refractivity contribution in [2.75, 3.05) is 39.4 Å². The van der Waals surface area contributed by atoms with Gasteiger partial charge in [0.1, 0.15) is 0 Å². The number of hydrogen-bond acceptors (Lipinski definition) is 6. The van der Waals surface area contributed by atoms with Gasteiger partial charge in [-0.2, -0.15) is 0 Å². The van der Waals surface area contributed by atoms with Gasteiger partial charge < -0.3 is 24.2 Å². The normalized spacial score (nSPS) is 19.2. The number of carbonyl (C=O) groups is 2. The van der Waals surface area contributed by atoms with E-state index >= 15 is 0 Å². The van der Waals surface area contributed by atoms with Crippen LogP contribution in [0.5, 0.6) is 5.75 Å². The number of aromatic hydroxyl groups is 1. The summed E-state index contributed by atoms with van der Waals surface area (Å²) in [6, 6.07) is 1.39. The summed E-state index contributed by atoms with van der Waals surface area (Å²) in [6.45, 7) is 2.42. The lowest BCUT2D eigenvalue weighted by Gasteiger charge is -2.36. The summed E-state index contributed by atoms with van der Waals surface area (Å²) < 4.78 is 29.6. The number of methoxy groups -OCH3 is 3. The number of anilines is 1. The molecule has 1 aliphatic rings. The standard InChI is InChI=1S/C21H30FNO6/c1-13-5-7-14(8-6-13)20(25)23(15(11-27-2)12-28-3)18-10-17(22)19(24)9-16(18)21(26)29-4/h9-10,13-15,24H,5-8,11-12H2,1-4H3/t13-,14-. The van der Waals surface area contributed by atoms with E-state index in [4.69, 9.17) is 14.2 Å². The maximum absolute atomic E-state index is 14.3. The molecule has 0 unspecified atom stereocenters. The number of phenolic OH excluding ortho intramolecular Hbond substituents is 1. The Labute approximate surface area is 170 Å². The maximum Gasteiger partial charge on any atom is 0.340 e. The van der Waals surface area contributed by atoms with Gasteiger partial charge >= 0.3 is 5.97 Å². The van der Waals surface area contributed by atoms with Gasteiger partial charge in [-0.15, -0.1) is 0 Å². The molecule has 1 N–H and O–H groups in total. The number of phenols is 1. The molecule has 0 aliphatic heterocycles. The molecule has 1 fully saturated rings. The predicted molar refractivity (Wildman–Crippen MR) is 106 cm³/mol. The molecule has 0 atom stereocenters.